The summed E-state index contributed by atoms with van der Waals surface area (Å²) in [4.78, 5) is 2.38. The molecule has 3 rings (SSSR count). The van der Waals surface area contributed by atoms with E-state index in [2.05, 4.69) is 54.3 Å². The highest BCUT2D eigenvalue weighted by molar-refractivity contribution is 5.85. The normalized spacial score (nSPS) is 21.1. The van der Waals surface area contributed by atoms with Gasteiger partial charge in [0.1, 0.15) is 6.23 Å². The number of hydrogen-bond donors (Lipinski definition) is 0. The van der Waals surface area contributed by atoms with Crippen LogP contribution in [-0.2, 0) is 4.74 Å². The van der Waals surface area contributed by atoms with Gasteiger partial charge in [-0.25, -0.2) is 0 Å². The minimum absolute atomic E-state index is 0.131. The highest BCUT2D eigenvalue weighted by Gasteiger charge is 2.26. The summed E-state index contributed by atoms with van der Waals surface area (Å²) in [6.45, 7) is 5.09. The van der Waals surface area contributed by atoms with Crippen LogP contribution >= 0.6 is 0 Å². The van der Waals surface area contributed by atoms with E-state index in [0.29, 0.717) is 0 Å². The summed E-state index contributed by atoms with van der Waals surface area (Å²) in [7, 11) is 0. The van der Waals surface area contributed by atoms with Crippen molar-refractivity contribution in [2.24, 2.45) is 0 Å². The van der Waals surface area contributed by atoms with E-state index in [1.807, 2.05) is 0 Å². The molecule has 2 heteroatoms. The zero-order valence-electron chi connectivity index (χ0n) is 10.1. The number of likely N-dealkylation sites (N-methyl/N-ethyl adjacent to an activating group) is 1. The molecule has 17 heavy (non-hydrogen) atoms. The molecule has 1 heterocycles. The summed E-state index contributed by atoms with van der Waals surface area (Å²) in [6.07, 6.45) is 0.131. The van der Waals surface area contributed by atoms with Crippen LogP contribution in [0.4, 0.5) is 0 Å². The van der Waals surface area contributed by atoms with Crippen molar-refractivity contribution in [1.29, 1.82) is 0 Å². The fourth-order valence-electron chi connectivity index (χ4n) is 2.58. The van der Waals surface area contributed by atoms with Crippen molar-refractivity contribution in [3.05, 3.63) is 48.0 Å². The second-order valence-corrected chi connectivity index (χ2v) is 4.42. The van der Waals surface area contributed by atoms with Crippen LogP contribution in [0.2, 0.25) is 0 Å². The molecule has 1 unspecified atom stereocenters. The van der Waals surface area contributed by atoms with Gasteiger partial charge in [0.15, 0.2) is 0 Å². The number of nitrogens with zero attached hydrogens (tertiary/aromatic N) is 1. The first-order valence-corrected chi connectivity index (χ1v) is 6.23. The van der Waals surface area contributed by atoms with Crippen molar-refractivity contribution in [1.82, 2.24) is 4.90 Å². The molecule has 0 aromatic heterocycles. The topological polar surface area (TPSA) is 12.5 Å². The van der Waals surface area contributed by atoms with E-state index in [1.54, 1.807) is 0 Å². The Kier molecular flexibility index (Phi) is 2.83. The van der Waals surface area contributed by atoms with Crippen molar-refractivity contribution in [2.45, 2.75) is 13.2 Å². The van der Waals surface area contributed by atoms with Crippen LogP contribution in [0.25, 0.3) is 10.8 Å². The maximum absolute atomic E-state index is 5.88. The third kappa shape index (κ3) is 1.84. The molecule has 88 valence electrons. The molecule has 0 amide bonds. The molecule has 0 bridgehead atoms. The molecule has 1 aliphatic rings. The molecule has 0 aliphatic carbocycles. The lowest BCUT2D eigenvalue weighted by molar-refractivity contribution is 0.0365. The van der Waals surface area contributed by atoms with Gasteiger partial charge in [-0.15, -0.1) is 0 Å². The predicted molar refractivity (Wildman–Crippen MR) is 69.9 cm³/mol. The first-order chi connectivity index (χ1) is 8.40. The first-order valence-electron chi connectivity index (χ1n) is 6.23. The van der Waals surface area contributed by atoms with Gasteiger partial charge in [0.25, 0.3) is 0 Å². The third-order valence-corrected chi connectivity index (χ3v) is 3.48. The van der Waals surface area contributed by atoms with Crippen LogP contribution in [0, 0.1) is 0 Å². The summed E-state index contributed by atoms with van der Waals surface area (Å²) in [5.74, 6) is 0. The highest BCUT2D eigenvalue weighted by Crippen LogP contribution is 2.31. The molecular formula is C15H17NO. The summed E-state index contributed by atoms with van der Waals surface area (Å²) < 4.78 is 5.88. The van der Waals surface area contributed by atoms with Gasteiger partial charge in [-0.1, -0.05) is 49.4 Å². The van der Waals surface area contributed by atoms with Gasteiger partial charge in [0.05, 0.1) is 6.61 Å². The summed E-state index contributed by atoms with van der Waals surface area (Å²) in [6, 6.07) is 15.0. The zero-order valence-corrected chi connectivity index (χ0v) is 10.1. The van der Waals surface area contributed by atoms with Gasteiger partial charge in [-0.05, 0) is 17.3 Å². The van der Waals surface area contributed by atoms with Gasteiger partial charge < -0.3 is 4.74 Å². The Hall–Kier alpha value is -1.38. The average molecular weight is 227 g/mol. The van der Waals surface area contributed by atoms with E-state index in [9.17, 15) is 0 Å². The monoisotopic (exact) mass is 227 g/mol. The van der Waals surface area contributed by atoms with E-state index < -0.39 is 0 Å². The summed E-state index contributed by atoms with van der Waals surface area (Å²) >= 11 is 0. The molecule has 1 aliphatic heterocycles. The maximum atomic E-state index is 5.88. The van der Waals surface area contributed by atoms with Crippen molar-refractivity contribution in [3.8, 4) is 0 Å². The predicted octanol–water partition coefficient (Wildman–Crippen LogP) is 3.19. The Labute approximate surface area is 102 Å². The third-order valence-electron chi connectivity index (χ3n) is 3.48. The minimum atomic E-state index is 0.131. The van der Waals surface area contributed by atoms with Crippen LogP contribution in [-0.4, -0.2) is 24.6 Å². The molecule has 1 atom stereocenters. The molecule has 2 aromatic carbocycles. The van der Waals surface area contributed by atoms with Crippen molar-refractivity contribution < 1.29 is 4.74 Å². The van der Waals surface area contributed by atoms with Crippen LogP contribution in [0.1, 0.15) is 18.7 Å². The fourth-order valence-corrected chi connectivity index (χ4v) is 2.58. The maximum Gasteiger partial charge on any atom is 0.137 e. The molecular weight excluding hydrogens is 210 g/mol. The number of ether oxygens (including phenoxy) is 1. The van der Waals surface area contributed by atoms with Crippen LogP contribution < -0.4 is 0 Å². The smallest absolute Gasteiger partial charge is 0.137 e. The molecule has 1 saturated heterocycles. The zero-order chi connectivity index (χ0) is 11.7. The standard InChI is InChI=1S/C15H17NO/c1-2-16-10-11-17-15(16)14-9-5-7-12-6-3-4-8-13(12)14/h3-9,15H,2,10-11H2,1H3. The molecule has 0 spiro atoms. The van der Waals surface area contributed by atoms with Crippen LogP contribution in [0.5, 0.6) is 0 Å². The molecule has 0 N–H and O–H groups in total. The average Bonchev–Trinajstić information content (AvgIpc) is 2.86. The summed E-state index contributed by atoms with van der Waals surface area (Å²) in [5, 5.41) is 2.59. The fraction of sp³-hybridized carbons (Fsp3) is 0.333. The Balaban J connectivity index is 2.10. The van der Waals surface area contributed by atoms with Gasteiger partial charge in [0, 0.05) is 12.1 Å². The second kappa shape index (κ2) is 4.47. The van der Waals surface area contributed by atoms with E-state index in [1.165, 1.54) is 16.3 Å². The number of fused-ring (bicyclic) bond motifs is 1. The Morgan fingerprint density at radius 1 is 1.18 bits per heavy atom. The second-order valence-electron chi connectivity index (χ2n) is 4.42. The number of hydrogen-bond acceptors (Lipinski definition) is 2. The van der Waals surface area contributed by atoms with Gasteiger partial charge in [0.2, 0.25) is 0 Å². The van der Waals surface area contributed by atoms with Gasteiger partial charge in [-0.3, -0.25) is 4.90 Å². The van der Waals surface area contributed by atoms with Crippen molar-refractivity contribution in [2.75, 3.05) is 19.7 Å². The van der Waals surface area contributed by atoms with Crippen LogP contribution in [0.15, 0.2) is 42.5 Å². The van der Waals surface area contributed by atoms with Crippen molar-refractivity contribution >= 4 is 10.8 Å². The largest absolute Gasteiger partial charge is 0.357 e. The molecule has 0 radical (unpaired) electrons. The Morgan fingerprint density at radius 2 is 2.00 bits per heavy atom. The highest BCUT2D eigenvalue weighted by atomic mass is 16.5. The van der Waals surface area contributed by atoms with E-state index in [-0.39, 0.29) is 6.23 Å². The minimum Gasteiger partial charge on any atom is -0.357 e. The van der Waals surface area contributed by atoms with E-state index in [0.717, 1.165) is 19.7 Å². The lowest BCUT2D eigenvalue weighted by atomic mass is 10.0. The van der Waals surface area contributed by atoms with Gasteiger partial charge in [-0.2, -0.15) is 0 Å². The number of rotatable bonds is 2. The SMILES string of the molecule is CCN1CCOC1c1cccc2ccccc12. The van der Waals surface area contributed by atoms with Crippen LogP contribution in [0.3, 0.4) is 0 Å². The Morgan fingerprint density at radius 3 is 2.88 bits per heavy atom. The lowest BCUT2D eigenvalue weighted by Crippen LogP contribution is -2.23. The van der Waals surface area contributed by atoms with E-state index in [4.69, 9.17) is 4.74 Å². The Bertz CT molecular complexity index is 518. The molecule has 2 nitrogen and oxygen atoms in total. The quantitative estimate of drug-likeness (QED) is 0.781. The van der Waals surface area contributed by atoms with Crippen molar-refractivity contribution in [3.63, 3.8) is 0 Å². The van der Waals surface area contributed by atoms with E-state index >= 15 is 0 Å². The molecule has 2 aromatic rings. The molecule has 1 fully saturated rings. The van der Waals surface area contributed by atoms with Gasteiger partial charge >= 0.3 is 0 Å². The number of benzene rings is 2. The first kappa shape index (κ1) is 10.8. The lowest BCUT2D eigenvalue weighted by Gasteiger charge is -2.22. The molecule has 0 saturated carbocycles. The summed E-state index contributed by atoms with van der Waals surface area (Å²) in [5.41, 5.74) is 1.29.